The predicted molar refractivity (Wildman–Crippen MR) is 84.4 cm³/mol. The largest absolute Gasteiger partial charge is 0.488 e. The van der Waals surface area contributed by atoms with Crippen molar-refractivity contribution in [1.82, 2.24) is 5.32 Å². The Morgan fingerprint density at radius 2 is 2.05 bits per heavy atom. The van der Waals surface area contributed by atoms with Crippen molar-refractivity contribution >= 4 is 11.6 Å². The van der Waals surface area contributed by atoms with Crippen LogP contribution in [0, 0.1) is 12.7 Å². The Morgan fingerprint density at radius 3 is 2.76 bits per heavy atom. The fourth-order valence-electron chi connectivity index (χ4n) is 2.10. The van der Waals surface area contributed by atoms with E-state index in [1.165, 1.54) is 6.07 Å². The van der Waals surface area contributed by atoms with E-state index >= 15 is 0 Å². The smallest absolute Gasteiger partial charge is 0.148 e. The minimum atomic E-state index is -0.421. The van der Waals surface area contributed by atoms with Gasteiger partial charge in [-0.25, -0.2) is 4.39 Å². The lowest BCUT2D eigenvalue weighted by Gasteiger charge is -2.17. The molecule has 2 aromatic rings. The van der Waals surface area contributed by atoms with Gasteiger partial charge in [0.15, 0.2) is 0 Å². The Labute approximate surface area is 129 Å². The van der Waals surface area contributed by atoms with Gasteiger partial charge >= 0.3 is 0 Å². The normalized spacial score (nSPS) is 12.2. The van der Waals surface area contributed by atoms with Crippen molar-refractivity contribution in [3.8, 4) is 5.75 Å². The highest BCUT2D eigenvalue weighted by molar-refractivity contribution is 6.30. The van der Waals surface area contributed by atoms with Crippen LogP contribution in [0.15, 0.2) is 36.4 Å². The van der Waals surface area contributed by atoms with Gasteiger partial charge in [-0.2, -0.15) is 0 Å². The van der Waals surface area contributed by atoms with E-state index < -0.39 is 5.82 Å². The number of rotatable bonds is 5. The molecule has 0 radical (unpaired) electrons. The molecule has 0 aliphatic rings. The molecule has 0 heterocycles. The second-order valence-electron chi connectivity index (χ2n) is 5.05. The van der Waals surface area contributed by atoms with Crippen LogP contribution in [0.4, 0.5) is 4.39 Å². The summed E-state index contributed by atoms with van der Waals surface area (Å²) in [4.78, 5) is 0. The van der Waals surface area contributed by atoms with Crippen LogP contribution in [0.3, 0.4) is 0 Å². The van der Waals surface area contributed by atoms with Gasteiger partial charge in [0.25, 0.3) is 0 Å². The van der Waals surface area contributed by atoms with Crippen molar-refractivity contribution in [2.75, 3.05) is 7.05 Å². The maximum absolute atomic E-state index is 13.9. The molecule has 0 saturated carbocycles. The molecule has 1 atom stereocenters. The molecular formula is C17H19ClFNO. The third-order valence-electron chi connectivity index (χ3n) is 3.48. The molecule has 0 spiro atoms. The predicted octanol–water partition coefficient (Wildman–Crippen LogP) is 4.65. The van der Waals surface area contributed by atoms with Gasteiger partial charge in [0.2, 0.25) is 0 Å². The third kappa shape index (κ3) is 3.74. The Bertz CT molecular complexity index is 630. The molecule has 0 bridgehead atoms. The number of hydrogen-bond acceptors (Lipinski definition) is 2. The number of hydrogen-bond donors (Lipinski definition) is 1. The Hall–Kier alpha value is -1.58. The summed E-state index contributed by atoms with van der Waals surface area (Å²) in [5, 5.41) is 3.30. The van der Waals surface area contributed by atoms with Crippen molar-refractivity contribution in [2.24, 2.45) is 0 Å². The average molecular weight is 308 g/mol. The molecule has 0 fully saturated rings. The molecule has 1 unspecified atom stereocenters. The van der Waals surface area contributed by atoms with Crippen LogP contribution in [-0.4, -0.2) is 7.05 Å². The van der Waals surface area contributed by atoms with E-state index in [2.05, 4.69) is 12.2 Å². The molecule has 2 aromatic carbocycles. The maximum Gasteiger partial charge on any atom is 0.148 e. The van der Waals surface area contributed by atoms with Crippen LogP contribution in [0.1, 0.15) is 29.7 Å². The molecule has 1 N–H and O–H groups in total. The third-order valence-corrected chi connectivity index (χ3v) is 3.78. The lowest BCUT2D eigenvalue weighted by molar-refractivity contribution is 0.294. The van der Waals surface area contributed by atoms with E-state index in [1.807, 2.05) is 32.2 Å². The van der Waals surface area contributed by atoms with Crippen molar-refractivity contribution < 1.29 is 9.13 Å². The summed E-state index contributed by atoms with van der Waals surface area (Å²) in [6.07, 6.45) is 0. The minimum absolute atomic E-state index is 0.115. The first kappa shape index (κ1) is 15.8. The van der Waals surface area contributed by atoms with Gasteiger partial charge in [-0.05, 0) is 38.6 Å². The number of aryl methyl sites for hydroxylation is 1. The number of benzene rings is 2. The van der Waals surface area contributed by atoms with Gasteiger partial charge in [0.05, 0.1) is 5.02 Å². The zero-order valence-electron chi connectivity index (χ0n) is 12.4. The monoisotopic (exact) mass is 307 g/mol. The van der Waals surface area contributed by atoms with Gasteiger partial charge in [-0.1, -0.05) is 35.9 Å². The van der Waals surface area contributed by atoms with E-state index in [4.69, 9.17) is 16.3 Å². The highest BCUT2D eigenvalue weighted by atomic mass is 35.5. The summed E-state index contributed by atoms with van der Waals surface area (Å²) in [6, 6.07) is 11.1. The van der Waals surface area contributed by atoms with Gasteiger partial charge in [0.1, 0.15) is 18.2 Å². The standard InChI is InChI=1S/C17H19ClFNO/c1-11-7-8-14(12(2)20-3)16(9-11)21-10-13-5-4-6-15(18)17(13)19/h4-9,12,20H,10H2,1-3H3. The lowest BCUT2D eigenvalue weighted by atomic mass is 10.1. The second kappa shape index (κ2) is 6.92. The first-order valence-electron chi connectivity index (χ1n) is 6.86. The molecule has 112 valence electrons. The summed E-state index contributed by atoms with van der Waals surface area (Å²) < 4.78 is 19.7. The quantitative estimate of drug-likeness (QED) is 0.868. The van der Waals surface area contributed by atoms with Crippen LogP contribution in [0.25, 0.3) is 0 Å². The van der Waals surface area contributed by atoms with Gasteiger partial charge < -0.3 is 10.1 Å². The molecule has 2 rings (SSSR count). The summed E-state index contributed by atoms with van der Waals surface area (Å²) in [7, 11) is 1.89. The van der Waals surface area contributed by atoms with E-state index in [-0.39, 0.29) is 17.7 Å². The van der Waals surface area contributed by atoms with Crippen molar-refractivity contribution in [3.05, 3.63) is 63.9 Å². The van der Waals surface area contributed by atoms with Crippen molar-refractivity contribution in [1.29, 1.82) is 0 Å². The molecule has 21 heavy (non-hydrogen) atoms. The van der Waals surface area contributed by atoms with Gasteiger partial charge in [-0.3, -0.25) is 0 Å². The molecule has 0 aliphatic heterocycles. The first-order chi connectivity index (χ1) is 10.0. The molecule has 0 aliphatic carbocycles. The van der Waals surface area contributed by atoms with E-state index in [0.29, 0.717) is 5.56 Å². The Morgan fingerprint density at radius 1 is 1.29 bits per heavy atom. The topological polar surface area (TPSA) is 21.3 Å². The molecule has 2 nitrogen and oxygen atoms in total. The summed E-state index contributed by atoms with van der Waals surface area (Å²) >= 11 is 5.78. The summed E-state index contributed by atoms with van der Waals surface area (Å²) in [6.45, 7) is 4.21. The fraction of sp³-hybridized carbons (Fsp3) is 0.294. The highest BCUT2D eigenvalue weighted by Crippen LogP contribution is 2.28. The van der Waals surface area contributed by atoms with Crippen molar-refractivity contribution in [3.63, 3.8) is 0 Å². The van der Waals surface area contributed by atoms with Crippen LogP contribution in [-0.2, 0) is 6.61 Å². The van der Waals surface area contributed by atoms with Crippen LogP contribution < -0.4 is 10.1 Å². The average Bonchev–Trinajstić information content (AvgIpc) is 2.48. The Kier molecular flexibility index (Phi) is 5.21. The number of halogens is 2. The first-order valence-corrected chi connectivity index (χ1v) is 7.24. The van der Waals surface area contributed by atoms with Gasteiger partial charge in [-0.15, -0.1) is 0 Å². The zero-order chi connectivity index (χ0) is 15.4. The molecule has 4 heteroatoms. The number of nitrogens with one attached hydrogen (secondary N) is 1. The Balaban J connectivity index is 2.23. The fourth-order valence-corrected chi connectivity index (χ4v) is 2.29. The van der Waals surface area contributed by atoms with Crippen LogP contribution >= 0.6 is 11.6 Å². The van der Waals surface area contributed by atoms with Crippen LogP contribution in [0.5, 0.6) is 5.75 Å². The molecular weight excluding hydrogens is 289 g/mol. The second-order valence-corrected chi connectivity index (χ2v) is 5.46. The minimum Gasteiger partial charge on any atom is -0.488 e. The van der Waals surface area contributed by atoms with E-state index in [0.717, 1.165) is 16.9 Å². The summed E-state index contributed by atoms with van der Waals surface area (Å²) in [5.74, 6) is 0.339. The maximum atomic E-state index is 13.9. The van der Waals surface area contributed by atoms with Crippen molar-refractivity contribution in [2.45, 2.75) is 26.5 Å². The molecule has 0 amide bonds. The number of ether oxygens (including phenoxy) is 1. The lowest BCUT2D eigenvalue weighted by Crippen LogP contribution is -2.14. The van der Waals surface area contributed by atoms with E-state index in [9.17, 15) is 4.39 Å². The summed E-state index contributed by atoms with van der Waals surface area (Å²) in [5.41, 5.74) is 2.60. The molecule has 0 aromatic heterocycles. The molecule has 0 saturated heterocycles. The van der Waals surface area contributed by atoms with E-state index in [1.54, 1.807) is 12.1 Å². The van der Waals surface area contributed by atoms with Crippen LogP contribution in [0.2, 0.25) is 5.02 Å². The van der Waals surface area contributed by atoms with Gasteiger partial charge in [0, 0.05) is 17.2 Å². The SMILES string of the molecule is CNC(C)c1ccc(C)cc1OCc1cccc(Cl)c1F. The highest BCUT2D eigenvalue weighted by Gasteiger charge is 2.12. The zero-order valence-corrected chi connectivity index (χ0v) is 13.2.